The quantitative estimate of drug-likeness (QED) is 0.841. The van der Waals surface area contributed by atoms with Crippen LogP contribution in [0.5, 0.6) is 0 Å². The first-order valence-electron chi connectivity index (χ1n) is 5.75. The number of nitrogens with one attached hydrogen (secondary N) is 1. The topological polar surface area (TPSA) is 42.2 Å². The monoisotopic (exact) mass is 315 g/mol. The van der Waals surface area contributed by atoms with E-state index in [1.165, 1.54) is 12.3 Å². The summed E-state index contributed by atoms with van der Waals surface area (Å²) in [6.45, 7) is 0. The van der Waals surface area contributed by atoms with Crippen molar-refractivity contribution < 1.29 is 22.4 Å². The standard InChI is InChI=1S/C14H9ClF3NO2/c15-11-5-3-9(14(16,17)18)8-12(11)19-13(20)6-4-10-2-1-7-21-10/h1-8H,(H,19,20). The minimum Gasteiger partial charge on any atom is -0.465 e. The lowest BCUT2D eigenvalue weighted by atomic mass is 10.2. The predicted octanol–water partition coefficient (Wildman–Crippen LogP) is 4.60. The molecule has 3 nitrogen and oxygen atoms in total. The van der Waals surface area contributed by atoms with Gasteiger partial charge in [-0.15, -0.1) is 0 Å². The summed E-state index contributed by atoms with van der Waals surface area (Å²) in [4.78, 5) is 11.6. The SMILES string of the molecule is O=C(C=Cc1ccco1)Nc1cc(C(F)(F)F)ccc1Cl. The number of alkyl halides is 3. The van der Waals surface area contributed by atoms with Gasteiger partial charge in [0, 0.05) is 6.08 Å². The van der Waals surface area contributed by atoms with Crippen LogP contribution < -0.4 is 5.32 Å². The lowest BCUT2D eigenvalue weighted by Crippen LogP contribution is -2.10. The summed E-state index contributed by atoms with van der Waals surface area (Å²) in [6, 6.07) is 5.97. The van der Waals surface area contributed by atoms with Crippen molar-refractivity contribution in [1.29, 1.82) is 0 Å². The third-order valence-corrected chi connectivity index (χ3v) is 2.82. The van der Waals surface area contributed by atoms with E-state index in [9.17, 15) is 18.0 Å². The van der Waals surface area contributed by atoms with Crippen LogP contribution in [-0.4, -0.2) is 5.91 Å². The number of halogens is 4. The van der Waals surface area contributed by atoms with Crippen molar-refractivity contribution in [3.63, 3.8) is 0 Å². The molecule has 1 amide bonds. The molecule has 0 aliphatic heterocycles. The number of amides is 1. The highest BCUT2D eigenvalue weighted by Gasteiger charge is 2.31. The molecule has 110 valence electrons. The van der Waals surface area contributed by atoms with Crippen molar-refractivity contribution in [3.05, 3.63) is 59.0 Å². The van der Waals surface area contributed by atoms with E-state index in [0.717, 1.165) is 24.3 Å². The Morgan fingerprint density at radius 3 is 2.67 bits per heavy atom. The first kappa shape index (κ1) is 15.2. The summed E-state index contributed by atoms with van der Waals surface area (Å²) in [5, 5.41) is 2.30. The second-order valence-corrected chi connectivity index (χ2v) is 4.44. The van der Waals surface area contributed by atoms with Crippen LogP contribution in [0.3, 0.4) is 0 Å². The summed E-state index contributed by atoms with van der Waals surface area (Å²) in [5.74, 6) is -0.173. The normalized spacial score (nSPS) is 11.8. The Balaban J connectivity index is 2.13. The van der Waals surface area contributed by atoms with E-state index in [1.54, 1.807) is 12.1 Å². The maximum atomic E-state index is 12.6. The van der Waals surface area contributed by atoms with Crippen molar-refractivity contribution >= 4 is 29.3 Å². The van der Waals surface area contributed by atoms with Gasteiger partial charge in [0.1, 0.15) is 5.76 Å². The van der Waals surface area contributed by atoms with Crippen LogP contribution in [0, 0.1) is 0 Å². The highest BCUT2D eigenvalue weighted by Crippen LogP contribution is 2.33. The minimum atomic E-state index is -4.51. The molecular weight excluding hydrogens is 307 g/mol. The van der Waals surface area contributed by atoms with E-state index < -0.39 is 17.6 Å². The fraction of sp³-hybridized carbons (Fsp3) is 0.0714. The first-order valence-corrected chi connectivity index (χ1v) is 6.13. The van der Waals surface area contributed by atoms with Gasteiger partial charge in [0.25, 0.3) is 0 Å². The Kier molecular flexibility index (Phi) is 4.37. The zero-order valence-corrected chi connectivity index (χ0v) is 11.2. The maximum Gasteiger partial charge on any atom is 0.416 e. The van der Waals surface area contributed by atoms with E-state index in [-0.39, 0.29) is 10.7 Å². The Bertz CT molecular complexity index is 663. The third-order valence-electron chi connectivity index (χ3n) is 2.49. The lowest BCUT2D eigenvalue weighted by molar-refractivity contribution is -0.137. The van der Waals surface area contributed by atoms with Crippen LogP contribution in [0.4, 0.5) is 18.9 Å². The fourth-order valence-electron chi connectivity index (χ4n) is 1.52. The Morgan fingerprint density at radius 2 is 2.05 bits per heavy atom. The summed E-state index contributed by atoms with van der Waals surface area (Å²) in [7, 11) is 0. The second kappa shape index (κ2) is 6.05. The van der Waals surface area contributed by atoms with Crippen molar-refractivity contribution in [1.82, 2.24) is 0 Å². The zero-order chi connectivity index (χ0) is 15.5. The van der Waals surface area contributed by atoms with E-state index in [0.29, 0.717) is 5.76 Å². The molecule has 0 aliphatic carbocycles. The Morgan fingerprint density at radius 1 is 1.29 bits per heavy atom. The van der Waals surface area contributed by atoms with Crippen molar-refractivity contribution in [3.8, 4) is 0 Å². The van der Waals surface area contributed by atoms with Gasteiger partial charge >= 0.3 is 6.18 Å². The molecule has 0 atom stereocenters. The van der Waals surface area contributed by atoms with Crippen LogP contribution in [0.15, 0.2) is 47.1 Å². The largest absolute Gasteiger partial charge is 0.465 e. The molecule has 2 aromatic rings. The predicted molar refractivity (Wildman–Crippen MR) is 72.8 cm³/mol. The number of carbonyl (C=O) groups excluding carboxylic acids is 1. The van der Waals surface area contributed by atoms with Gasteiger partial charge in [-0.25, -0.2) is 0 Å². The molecule has 0 aliphatic rings. The number of benzene rings is 1. The molecule has 1 aromatic carbocycles. The molecule has 1 aromatic heterocycles. The van der Waals surface area contributed by atoms with E-state index >= 15 is 0 Å². The highest BCUT2D eigenvalue weighted by molar-refractivity contribution is 6.33. The molecule has 0 saturated heterocycles. The van der Waals surface area contributed by atoms with E-state index in [1.807, 2.05) is 0 Å². The molecule has 0 unspecified atom stereocenters. The number of furan rings is 1. The van der Waals surface area contributed by atoms with Gasteiger partial charge in [-0.1, -0.05) is 11.6 Å². The van der Waals surface area contributed by atoms with Crippen LogP contribution >= 0.6 is 11.6 Å². The molecule has 2 rings (SSSR count). The van der Waals surface area contributed by atoms with Gasteiger partial charge in [-0.05, 0) is 36.4 Å². The van der Waals surface area contributed by atoms with Gasteiger partial charge in [0.2, 0.25) is 5.91 Å². The average molecular weight is 316 g/mol. The fourth-order valence-corrected chi connectivity index (χ4v) is 1.68. The van der Waals surface area contributed by atoms with E-state index in [4.69, 9.17) is 16.0 Å². The molecule has 0 fully saturated rings. The van der Waals surface area contributed by atoms with Gasteiger partial charge in [0.05, 0.1) is 22.5 Å². The van der Waals surface area contributed by atoms with Gasteiger partial charge in [-0.3, -0.25) is 4.79 Å². The van der Waals surface area contributed by atoms with Gasteiger partial charge in [-0.2, -0.15) is 13.2 Å². The second-order valence-electron chi connectivity index (χ2n) is 4.03. The van der Waals surface area contributed by atoms with Gasteiger partial charge in [0.15, 0.2) is 0 Å². The molecular formula is C14H9ClF3NO2. The maximum absolute atomic E-state index is 12.6. The van der Waals surface area contributed by atoms with E-state index in [2.05, 4.69) is 5.32 Å². The van der Waals surface area contributed by atoms with Crippen molar-refractivity contribution in [2.24, 2.45) is 0 Å². The zero-order valence-electron chi connectivity index (χ0n) is 10.4. The van der Waals surface area contributed by atoms with Crippen LogP contribution in [0.1, 0.15) is 11.3 Å². The minimum absolute atomic E-state index is 0.0164. The molecule has 0 bridgehead atoms. The molecule has 0 spiro atoms. The average Bonchev–Trinajstić information content (AvgIpc) is 2.91. The number of anilines is 1. The van der Waals surface area contributed by atoms with Crippen LogP contribution in [0.25, 0.3) is 6.08 Å². The first-order chi connectivity index (χ1) is 9.86. The summed E-state index contributed by atoms with van der Waals surface area (Å²) >= 11 is 5.77. The lowest BCUT2D eigenvalue weighted by Gasteiger charge is -2.10. The van der Waals surface area contributed by atoms with Crippen molar-refractivity contribution in [2.75, 3.05) is 5.32 Å². The van der Waals surface area contributed by atoms with Crippen LogP contribution in [0.2, 0.25) is 5.02 Å². The molecule has 21 heavy (non-hydrogen) atoms. The number of hydrogen-bond donors (Lipinski definition) is 1. The third kappa shape index (κ3) is 4.13. The number of rotatable bonds is 3. The highest BCUT2D eigenvalue weighted by atomic mass is 35.5. The number of carbonyl (C=O) groups is 1. The van der Waals surface area contributed by atoms with Crippen LogP contribution in [-0.2, 0) is 11.0 Å². The summed E-state index contributed by atoms with van der Waals surface area (Å²) in [5.41, 5.74) is -1.00. The Labute approximate surface area is 123 Å². The summed E-state index contributed by atoms with van der Waals surface area (Å²) in [6.07, 6.45) is -0.554. The molecule has 0 saturated carbocycles. The molecule has 1 heterocycles. The van der Waals surface area contributed by atoms with Gasteiger partial charge < -0.3 is 9.73 Å². The summed E-state index contributed by atoms with van der Waals surface area (Å²) < 4.78 is 42.7. The molecule has 7 heteroatoms. The smallest absolute Gasteiger partial charge is 0.416 e. The van der Waals surface area contributed by atoms with Crippen molar-refractivity contribution in [2.45, 2.75) is 6.18 Å². The molecule has 0 radical (unpaired) electrons. The number of hydrogen-bond acceptors (Lipinski definition) is 2. The molecule has 1 N–H and O–H groups in total. The Hall–Kier alpha value is -2.21.